The summed E-state index contributed by atoms with van der Waals surface area (Å²) < 4.78 is 5.01. The van der Waals surface area contributed by atoms with E-state index in [1.165, 1.54) is 11.1 Å². The van der Waals surface area contributed by atoms with Crippen molar-refractivity contribution < 1.29 is 14.6 Å². The van der Waals surface area contributed by atoms with E-state index in [0.29, 0.717) is 19.4 Å². The van der Waals surface area contributed by atoms with Crippen LogP contribution in [0.25, 0.3) is 0 Å². The van der Waals surface area contributed by atoms with Gasteiger partial charge in [-0.2, -0.15) is 0 Å². The SMILES string of the molecule is COCCCCC1(C(=O)O)Cc2ccccc2C1. The number of unbranched alkanes of at least 4 members (excludes halogenated alkanes) is 1. The summed E-state index contributed by atoms with van der Waals surface area (Å²) in [5.41, 5.74) is 1.82. The Hall–Kier alpha value is -1.35. The van der Waals surface area contributed by atoms with E-state index in [2.05, 4.69) is 12.1 Å². The van der Waals surface area contributed by atoms with E-state index in [1.54, 1.807) is 7.11 Å². The number of carbonyl (C=O) groups is 1. The van der Waals surface area contributed by atoms with Gasteiger partial charge in [-0.05, 0) is 43.2 Å². The monoisotopic (exact) mass is 248 g/mol. The molecule has 0 heterocycles. The van der Waals surface area contributed by atoms with Gasteiger partial charge in [0.05, 0.1) is 5.41 Å². The van der Waals surface area contributed by atoms with Crippen LogP contribution in [0, 0.1) is 5.41 Å². The highest BCUT2D eigenvalue weighted by molar-refractivity contribution is 5.77. The number of hydrogen-bond acceptors (Lipinski definition) is 2. The lowest BCUT2D eigenvalue weighted by Crippen LogP contribution is -2.31. The summed E-state index contributed by atoms with van der Waals surface area (Å²) >= 11 is 0. The van der Waals surface area contributed by atoms with Crippen LogP contribution in [0.15, 0.2) is 24.3 Å². The van der Waals surface area contributed by atoms with Crippen molar-refractivity contribution in [3.05, 3.63) is 35.4 Å². The standard InChI is InChI=1S/C15H20O3/c1-18-9-5-4-8-15(14(16)17)10-12-6-2-3-7-13(12)11-15/h2-3,6-7H,4-5,8-11H2,1H3,(H,16,17). The minimum Gasteiger partial charge on any atom is -0.481 e. The number of hydrogen-bond donors (Lipinski definition) is 1. The highest BCUT2D eigenvalue weighted by Crippen LogP contribution is 2.41. The molecular weight excluding hydrogens is 228 g/mol. The van der Waals surface area contributed by atoms with Crippen molar-refractivity contribution in [2.24, 2.45) is 5.41 Å². The number of carboxylic acid groups (broad SMARTS) is 1. The number of methoxy groups -OCH3 is 1. The van der Waals surface area contributed by atoms with Crippen molar-refractivity contribution in [3.8, 4) is 0 Å². The zero-order valence-electron chi connectivity index (χ0n) is 10.8. The fourth-order valence-corrected chi connectivity index (χ4v) is 2.84. The third-order valence-electron chi connectivity index (χ3n) is 3.88. The van der Waals surface area contributed by atoms with Gasteiger partial charge in [0.1, 0.15) is 0 Å². The minimum atomic E-state index is -0.656. The Morgan fingerprint density at radius 3 is 2.39 bits per heavy atom. The molecule has 3 heteroatoms. The second kappa shape index (κ2) is 5.53. The molecule has 0 aromatic heterocycles. The molecule has 0 aliphatic heterocycles. The molecule has 0 saturated carbocycles. The van der Waals surface area contributed by atoms with Crippen molar-refractivity contribution >= 4 is 5.97 Å². The van der Waals surface area contributed by atoms with Gasteiger partial charge in [0.15, 0.2) is 0 Å². The average Bonchev–Trinajstić information content (AvgIpc) is 2.74. The van der Waals surface area contributed by atoms with Crippen LogP contribution in [-0.4, -0.2) is 24.8 Å². The summed E-state index contributed by atoms with van der Waals surface area (Å²) in [5, 5.41) is 9.56. The van der Waals surface area contributed by atoms with E-state index in [-0.39, 0.29) is 0 Å². The number of carboxylic acids is 1. The van der Waals surface area contributed by atoms with Gasteiger partial charge >= 0.3 is 5.97 Å². The lowest BCUT2D eigenvalue weighted by molar-refractivity contribution is -0.149. The number of aliphatic carboxylic acids is 1. The molecule has 2 rings (SSSR count). The summed E-state index contributed by atoms with van der Waals surface area (Å²) in [6.07, 6.45) is 3.92. The first-order chi connectivity index (χ1) is 8.68. The molecule has 0 unspecified atom stereocenters. The summed E-state index contributed by atoms with van der Waals surface area (Å²) in [6.45, 7) is 0.711. The van der Waals surface area contributed by atoms with E-state index in [4.69, 9.17) is 4.74 Å². The number of fused-ring (bicyclic) bond motifs is 1. The van der Waals surface area contributed by atoms with E-state index in [9.17, 15) is 9.90 Å². The van der Waals surface area contributed by atoms with Gasteiger partial charge in [0, 0.05) is 13.7 Å². The van der Waals surface area contributed by atoms with Crippen molar-refractivity contribution in [2.75, 3.05) is 13.7 Å². The van der Waals surface area contributed by atoms with Crippen molar-refractivity contribution in [1.82, 2.24) is 0 Å². The molecule has 1 aromatic rings. The Labute approximate surface area is 108 Å². The highest BCUT2D eigenvalue weighted by Gasteiger charge is 2.43. The largest absolute Gasteiger partial charge is 0.481 e. The molecule has 1 N–H and O–H groups in total. The fraction of sp³-hybridized carbons (Fsp3) is 0.533. The normalized spacial score (nSPS) is 16.5. The zero-order valence-corrected chi connectivity index (χ0v) is 10.8. The molecular formula is C15H20O3. The molecule has 0 bridgehead atoms. The summed E-state index contributed by atoms with van der Waals surface area (Å²) in [6, 6.07) is 8.08. The van der Waals surface area contributed by atoms with Crippen molar-refractivity contribution in [2.45, 2.75) is 32.1 Å². The van der Waals surface area contributed by atoms with Gasteiger partial charge in [-0.1, -0.05) is 24.3 Å². The topological polar surface area (TPSA) is 46.5 Å². The molecule has 18 heavy (non-hydrogen) atoms. The van der Waals surface area contributed by atoms with E-state index >= 15 is 0 Å². The van der Waals surface area contributed by atoms with E-state index in [1.807, 2.05) is 12.1 Å². The number of benzene rings is 1. The third-order valence-corrected chi connectivity index (χ3v) is 3.88. The van der Waals surface area contributed by atoms with Crippen LogP contribution < -0.4 is 0 Å². The maximum atomic E-state index is 11.6. The fourth-order valence-electron chi connectivity index (χ4n) is 2.84. The maximum Gasteiger partial charge on any atom is 0.310 e. The highest BCUT2D eigenvalue weighted by atomic mass is 16.5. The Morgan fingerprint density at radius 2 is 1.89 bits per heavy atom. The van der Waals surface area contributed by atoms with Crippen LogP contribution >= 0.6 is 0 Å². The molecule has 1 aromatic carbocycles. The molecule has 1 aliphatic carbocycles. The molecule has 0 atom stereocenters. The summed E-state index contributed by atoms with van der Waals surface area (Å²) in [7, 11) is 1.68. The third kappa shape index (κ3) is 2.56. The molecule has 98 valence electrons. The van der Waals surface area contributed by atoms with Crippen LogP contribution in [0.2, 0.25) is 0 Å². The average molecular weight is 248 g/mol. The van der Waals surface area contributed by atoms with Gasteiger partial charge in [0.25, 0.3) is 0 Å². The van der Waals surface area contributed by atoms with Crippen LogP contribution in [-0.2, 0) is 22.4 Å². The Morgan fingerprint density at radius 1 is 1.28 bits per heavy atom. The summed E-state index contributed by atoms with van der Waals surface area (Å²) in [5.74, 6) is -0.656. The van der Waals surface area contributed by atoms with Gasteiger partial charge in [0.2, 0.25) is 0 Å². The Kier molecular flexibility index (Phi) is 4.02. The summed E-state index contributed by atoms with van der Waals surface area (Å²) in [4.78, 5) is 11.6. The quantitative estimate of drug-likeness (QED) is 0.787. The maximum absolute atomic E-state index is 11.6. The van der Waals surface area contributed by atoms with Crippen molar-refractivity contribution in [1.29, 1.82) is 0 Å². The first-order valence-corrected chi connectivity index (χ1v) is 6.47. The van der Waals surface area contributed by atoms with Crippen LogP contribution in [0.4, 0.5) is 0 Å². The van der Waals surface area contributed by atoms with E-state index in [0.717, 1.165) is 19.3 Å². The number of rotatable bonds is 6. The lowest BCUT2D eigenvalue weighted by Gasteiger charge is -2.23. The molecule has 0 spiro atoms. The minimum absolute atomic E-state index is 0.586. The molecule has 1 aliphatic rings. The molecule has 0 fully saturated rings. The lowest BCUT2D eigenvalue weighted by atomic mass is 9.80. The van der Waals surface area contributed by atoms with Crippen molar-refractivity contribution in [3.63, 3.8) is 0 Å². The second-order valence-corrected chi connectivity index (χ2v) is 5.16. The first-order valence-electron chi connectivity index (χ1n) is 6.47. The zero-order chi connectivity index (χ0) is 13.0. The second-order valence-electron chi connectivity index (χ2n) is 5.16. The Balaban J connectivity index is 2.05. The van der Waals surface area contributed by atoms with Gasteiger partial charge in [-0.15, -0.1) is 0 Å². The molecule has 0 saturated heterocycles. The smallest absolute Gasteiger partial charge is 0.310 e. The van der Waals surface area contributed by atoms with Gasteiger partial charge in [-0.3, -0.25) is 4.79 Å². The number of ether oxygens (including phenoxy) is 1. The van der Waals surface area contributed by atoms with Crippen LogP contribution in [0.5, 0.6) is 0 Å². The molecule has 0 amide bonds. The van der Waals surface area contributed by atoms with E-state index < -0.39 is 11.4 Å². The van der Waals surface area contributed by atoms with Gasteiger partial charge < -0.3 is 9.84 Å². The Bertz CT molecular complexity index is 401. The van der Waals surface area contributed by atoms with Crippen LogP contribution in [0.1, 0.15) is 30.4 Å². The predicted octanol–water partition coefficient (Wildman–Crippen LogP) is 2.67. The molecule has 3 nitrogen and oxygen atoms in total. The first kappa shape index (κ1) is 13.1. The van der Waals surface area contributed by atoms with Gasteiger partial charge in [-0.25, -0.2) is 0 Å². The molecule has 0 radical (unpaired) electrons. The predicted molar refractivity (Wildman–Crippen MR) is 69.6 cm³/mol. The van der Waals surface area contributed by atoms with Crippen LogP contribution in [0.3, 0.4) is 0 Å².